The second-order valence-corrected chi connectivity index (χ2v) is 5.62. The summed E-state index contributed by atoms with van der Waals surface area (Å²) in [6.45, 7) is 1.49. The summed E-state index contributed by atoms with van der Waals surface area (Å²) in [4.78, 5) is 6.82. The molecule has 5 heteroatoms. The van der Waals surface area contributed by atoms with Crippen molar-refractivity contribution >= 4 is 17.4 Å². The fourth-order valence-electron chi connectivity index (χ4n) is 3.12. The van der Waals surface area contributed by atoms with E-state index < -0.39 is 0 Å². The lowest BCUT2D eigenvalue weighted by Crippen LogP contribution is -2.53. The summed E-state index contributed by atoms with van der Waals surface area (Å²) in [7, 11) is 0. The number of aliphatic hydroxyl groups excluding tert-OH is 1. The lowest BCUT2D eigenvalue weighted by Gasteiger charge is -2.44. The molecule has 2 unspecified atom stereocenters. The number of aliphatic hydroxyl groups is 1. The Hall–Kier alpha value is -0.840. The van der Waals surface area contributed by atoms with Crippen LogP contribution in [-0.4, -0.2) is 35.4 Å². The Morgan fingerprint density at radius 2 is 2.21 bits per heavy atom. The Bertz CT molecular complexity index is 453. The summed E-state index contributed by atoms with van der Waals surface area (Å²) in [5.41, 5.74) is 0.554. The fourth-order valence-corrected chi connectivity index (χ4v) is 3.29. The van der Waals surface area contributed by atoms with Crippen LogP contribution in [0.3, 0.4) is 0 Å². The van der Waals surface area contributed by atoms with Crippen molar-refractivity contribution in [2.45, 2.75) is 44.4 Å². The Kier molecular flexibility index (Phi) is 3.91. The number of morpholine rings is 1. The number of nitrogens with zero attached hydrogens (tertiary/aromatic N) is 2. The van der Waals surface area contributed by atoms with Crippen molar-refractivity contribution in [3.8, 4) is 0 Å². The van der Waals surface area contributed by atoms with E-state index in [2.05, 4.69) is 9.88 Å². The number of hydrogen-bond donors (Lipinski definition) is 1. The van der Waals surface area contributed by atoms with E-state index in [1.165, 1.54) is 12.8 Å². The SMILES string of the molecule is OCc1nc(N2CCOC3CCCCC32)ccc1Cl. The molecule has 0 bridgehead atoms. The second-order valence-electron chi connectivity index (χ2n) is 5.21. The van der Waals surface area contributed by atoms with E-state index in [1.54, 1.807) is 0 Å². The van der Waals surface area contributed by atoms with Crippen LogP contribution < -0.4 is 4.90 Å². The van der Waals surface area contributed by atoms with Gasteiger partial charge >= 0.3 is 0 Å². The molecule has 1 saturated heterocycles. The zero-order chi connectivity index (χ0) is 13.2. The number of pyridine rings is 1. The van der Waals surface area contributed by atoms with Gasteiger partial charge in [0, 0.05) is 6.54 Å². The van der Waals surface area contributed by atoms with Gasteiger partial charge in [0.05, 0.1) is 36.1 Å². The highest BCUT2D eigenvalue weighted by molar-refractivity contribution is 6.31. The van der Waals surface area contributed by atoms with E-state index in [1.807, 2.05) is 12.1 Å². The topological polar surface area (TPSA) is 45.6 Å². The van der Waals surface area contributed by atoms with Gasteiger partial charge in [0.2, 0.25) is 0 Å². The molecule has 2 aliphatic rings. The molecule has 0 spiro atoms. The number of ether oxygens (including phenoxy) is 1. The van der Waals surface area contributed by atoms with Crippen molar-refractivity contribution in [1.29, 1.82) is 0 Å². The summed E-state index contributed by atoms with van der Waals surface area (Å²) in [6, 6.07) is 4.18. The molecule has 2 atom stereocenters. The zero-order valence-corrected chi connectivity index (χ0v) is 11.6. The van der Waals surface area contributed by atoms with Crippen LogP contribution in [0.5, 0.6) is 0 Å². The smallest absolute Gasteiger partial charge is 0.129 e. The molecule has 1 aromatic heterocycles. The predicted octanol–water partition coefficient (Wildman–Crippen LogP) is 2.38. The molecule has 2 heterocycles. The van der Waals surface area contributed by atoms with Gasteiger partial charge in [0.15, 0.2) is 0 Å². The van der Waals surface area contributed by atoms with Crippen LogP contribution in [0.25, 0.3) is 0 Å². The van der Waals surface area contributed by atoms with Crippen LogP contribution in [0.4, 0.5) is 5.82 Å². The third-order valence-electron chi connectivity index (χ3n) is 4.08. The number of anilines is 1. The Balaban J connectivity index is 1.87. The highest BCUT2D eigenvalue weighted by atomic mass is 35.5. The molecular formula is C14H19ClN2O2. The Labute approximate surface area is 118 Å². The van der Waals surface area contributed by atoms with E-state index >= 15 is 0 Å². The van der Waals surface area contributed by atoms with E-state index in [0.29, 0.717) is 22.9 Å². The lowest BCUT2D eigenvalue weighted by atomic mass is 9.90. The lowest BCUT2D eigenvalue weighted by molar-refractivity contribution is -0.00900. The minimum Gasteiger partial charge on any atom is -0.390 e. The molecule has 1 aromatic rings. The highest BCUT2D eigenvalue weighted by Gasteiger charge is 2.34. The third-order valence-corrected chi connectivity index (χ3v) is 4.42. The number of fused-ring (bicyclic) bond motifs is 1. The molecule has 1 aliphatic heterocycles. The van der Waals surface area contributed by atoms with Crippen molar-refractivity contribution < 1.29 is 9.84 Å². The first kappa shape index (κ1) is 13.2. The first-order valence-corrected chi connectivity index (χ1v) is 7.32. The molecule has 4 nitrogen and oxygen atoms in total. The number of hydrogen-bond acceptors (Lipinski definition) is 4. The quantitative estimate of drug-likeness (QED) is 0.905. The predicted molar refractivity (Wildman–Crippen MR) is 74.5 cm³/mol. The molecule has 0 aromatic carbocycles. The van der Waals surface area contributed by atoms with Gasteiger partial charge in [-0.15, -0.1) is 0 Å². The molecule has 0 radical (unpaired) electrons. The van der Waals surface area contributed by atoms with Crippen LogP contribution in [0, 0.1) is 0 Å². The maximum absolute atomic E-state index is 9.28. The molecule has 104 valence electrons. The Morgan fingerprint density at radius 3 is 3.05 bits per heavy atom. The van der Waals surface area contributed by atoms with E-state index in [9.17, 15) is 5.11 Å². The first-order valence-electron chi connectivity index (χ1n) is 6.94. The fraction of sp³-hybridized carbons (Fsp3) is 0.643. The van der Waals surface area contributed by atoms with Gasteiger partial charge < -0.3 is 14.7 Å². The minimum atomic E-state index is -0.120. The van der Waals surface area contributed by atoms with E-state index in [0.717, 1.165) is 31.8 Å². The van der Waals surface area contributed by atoms with Gasteiger partial charge in [-0.2, -0.15) is 0 Å². The van der Waals surface area contributed by atoms with Crippen molar-refractivity contribution in [3.05, 3.63) is 22.8 Å². The maximum Gasteiger partial charge on any atom is 0.129 e. The zero-order valence-electron chi connectivity index (χ0n) is 10.9. The standard InChI is InChI=1S/C14H19ClN2O2/c15-10-5-6-14(16-11(10)9-18)17-7-8-19-13-4-2-1-3-12(13)17/h5-6,12-13,18H,1-4,7-9H2. The summed E-state index contributed by atoms with van der Waals surface area (Å²) in [5.74, 6) is 0.911. The van der Waals surface area contributed by atoms with E-state index in [-0.39, 0.29) is 6.61 Å². The van der Waals surface area contributed by atoms with Crippen LogP contribution in [0.2, 0.25) is 5.02 Å². The van der Waals surface area contributed by atoms with Crippen LogP contribution in [0.15, 0.2) is 12.1 Å². The van der Waals surface area contributed by atoms with Crippen LogP contribution >= 0.6 is 11.6 Å². The van der Waals surface area contributed by atoms with Crippen LogP contribution in [0.1, 0.15) is 31.4 Å². The van der Waals surface area contributed by atoms with Crippen LogP contribution in [-0.2, 0) is 11.3 Å². The summed E-state index contributed by atoms with van der Waals surface area (Å²) >= 11 is 6.01. The highest BCUT2D eigenvalue weighted by Crippen LogP contribution is 2.32. The molecule has 0 amide bonds. The third kappa shape index (κ3) is 2.57. The minimum absolute atomic E-state index is 0.120. The molecule has 19 heavy (non-hydrogen) atoms. The first-order chi connectivity index (χ1) is 9.29. The van der Waals surface area contributed by atoms with Crippen molar-refractivity contribution in [3.63, 3.8) is 0 Å². The molecule has 1 saturated carbocycles. The number of rotatable bonds is 2. The molecule has 3 rings (SSSR count). The van der Waals surface area contributed by atoms with Gasteiger partial charge in [0.1, 0.15) is 5.82 Å². The van der Waals surface area contributed by atoms with Gasteiger partial charge in [-0.3, -0.25) is 0 Å². The molecular weight excluding hydrogens is 264 g/mol. The summed E-state index contributed by atoms with van der Waals surface area (Å²) < 4.78 is 5.87. The maximum atomic E-state index is 9.28. The normalized spacial score (nSPS) is 27.2. The molecule has 1 N–H and O–H groups in total. The molecule has 2 fully saturated rings. The average Bonchev–Trinajstić information content (AvgIpc) is 2.47. The average molecular weight is 283 g/mol. The second kappa shape index (κ2) is 5.65. The number of halogens is 1. The van der Waals surface area contributed by atoms with Gasteiger partial charge in [-0.1, -0.05) is 24.4 Å². The molecule has 1 aliphatic carbocycles. The Morgan fingerprint density at radius 1 is 1.37 bits per heavy atom. The largest absolute Gasteiger partial charge is 0.390 e. The summed E-state index contributed by atoms with van der Waals surface area (Å²) in [5, 5.41) is 9.81. The summed E-state index contributed by atoms with van der Waals surface area (Å²) in [6.07, 6.45) is 5.13. The number of aromatic nitrogens is 1. The van der Waals surface area contributed by atoms with Crippen molar-refractivity contribution in [2.75, 3.05) is 18.1 Å². The van der Waals surface area contributed by atoms with Gasteiger partial charge in [-0.05, 0) is 25.0 Å². The van der Waals surface area contributed by atoms with E-state index in [4.69, 9.17) is 16.3 Å². The van der Waals surface area contributed by atoms with Crippen molar-refractivity contribution in [1.82, 2.24) is 4.98 Å². The van der Waals surface area contributed by atoms with Gasteiger partial charge in [0.25, 0.3) is 0 Å². The van der Waals surface area contributed by atoms with Crippen molar-refractivity contribution in [2.24, 2.45) is 0 Å². The van der Waals surface area contributed by atoms with Gasteiger partial charge in [-0.25, -0.2) is 4.98 Å². The monoisotopic (exact) mass is 282 g/mol.